The largest absolute Gasteiger partial charge is 0.497 e. The number of imidazole rings is 1. The van der Waals surface area contributed by atoms with Crippen LogP contribution in [0.2, 0.25) is 0 Å². The van der Waals surface area contributed by atoms with Crippen molar-refractivity contribution in [1.29, 1.82) is 0 Å². The highest BCUT2D eigenvalue weighted by atomic mass is 32.1. The molecule has 0 aliphatic carbocycles. The lowest BCUT2D eigenvalue weighted by atomic mass is 10.1. The summed E-state index contributed by atoms with van der Waals surface area (Å²) in [6.45, 7) is 4.28. The SMILES string of the molecule is COc1cccc(-c2cn3nc(C(C)C)sc3n2)c1. The molecule has 19 heavy (non-hydrogen) atoms. The van der Waals surface area contributed by atoms with Crippen molar-refractivity contribution >= 4 is 16.3 Å². The molecule has 3 rings (SSSR count). The van der Waals surface area contributed by atoms with Gasteiger partial charge in [-0.05, 0) is 12.1 Å². The van der Waals surface area contributed by atoms with Gasteiger partial charge >= 0.3 is 0 Å². The lowest BCUT2D eigenvalue weighted by Crippen LogP contribution is -1.88. The van der Waals surface area contributed by atoms with E-state index in [0.717, 1.165) is 27.0 Å². The highest BCUT2D eigenvalue weighted by Crippen LogP contribution is 2.27. The monoisotopic (exact) mass is 273 g/mol. The lowest BCUT2D eigenvalue weighted by molar-refractivity contribution is 0.415. The Labute approximate surface area is 115 Å². The molecule has 0 radical (unpaired) electrons. The Kier molecular flexibility index (Phi) is 2.98. The van der Waals surface area contributed by atoms with E-state index in [9.17, 15) is 0 Å². The van der Waals surface area contributed by atoms with Crippen LogP contribution in [0, 0.1) is 0 Å². The summed E-state index contributed by atoms with van der Waals surface area (Å²) in [4.78, 5) is 5.56. The molecule has 2 aromatic heterocycles. The molecule has 3 aromatic rings. The fraction of sp³-hybridized carbons (Fsp3) is 0.286. The van der Waals surface area contributed by atoms with E-state index in [1.165, 1.54) is 0 Å². The van der Waals surface area contributed by atoms with Crippen LogP contribution in [0.25, 0.3) is 16.2 Å². The van der Waals surface area contributed by atoms with Gasteiger partial charge in [-0.3, -0.25) is 0 Å². The number of fused-ring (bicyclic) bond motifs is 1. The Morgan fingerprint density at radius 3 is 2.84 bits per heavy atom. The van der Waals surface area contributed by atoms with Gasteiger partial charge in [0, 0.05) is 11.5 Å². The smallest absolute Gasteiger partial charge is 0.212 e. The van der Waals surface area contributed by atoms with Crippen LogP contribution in [0.5, 0.6) is 5.75 Å². The van der Waals surface area contributed by atoms with Gasteiger partial charge in [0.2, 0.25) is 4.96 Å². The zero-order chi connectivity index (χ0) is 13.4. The van der Waals surface area contributed by atoms with Crippen molar-refractivity contribution in [2.45, 2.75) is 19.8 Å². The molecular formula is C14H15N3OS. The quantitative estimate of drug-likeness (QED) is 0.732. The minimum absolute atomic E-state index is 0.437. The van der Waals surface area contributed by atoms with Crippen LogP contribution in [-0.4, -0.2) is 21.7 Å². The van der Waals surface area contributed by atoms with Crippen molar-refractivity contribution in [2.75, 3.05) is 7.11 Å². The molecule has 0 bridgehead atoms. The Balaban J connectivity index is 2.03. The van der Waals surface area contributed by atoms with Crippen molar-refractivity contribution in [1.82, 2.24) is 14.6 Å². The first-order valence-electron chi connectivity index (χ1n) is 6.18. The van der Waals surface area contributed by atoms with Crippen molar-refractivity contribution in [3.8, 4) is 17.0 Å². The van der Waals surface area contributed by atoms with Gasteiger partial charge in [-0.1, -0.05) is 37.3 Å². The van der Waals surface area contributed by atoms with Gasteiger partial charge < -0.3 is 4.74 Å². The third-order valence-corrected chi connectivity index (χ3v) is 4.14. The van der Waals surface area contributed by atoms with Crippen LogP contribution >= 0.6 is 11.3 Å². The predicted molar refractivity (Wildman–Crippen MR) is 76.9 cm³/mol. The average Bonchev–Trinajstić information content (AvgIpc) is 2.96. The maximum absolute atomic E-state index is 5.23. The third-order valence-electron chi connectivity index (χ3n) is 2.92. The van der Waals surface area contributed by atoms with Gasteiger partial charge in [-0.15, -0.1) is 0 Å². The van der Waals surface area contributed by atoms with Crippen molar-refractivity contribution in [2.24, 2.45) is 0 Å². The molecule has 0 atom stereocenters. The molecule has 0 aliphatic heterocycles. The summed E-state index contributed by atoms with van der Waals surface area (Å²) in [5.74, 6) is 1.27. The maximum atomic E-state index is 5.23. The zero-order valence-electron chi connectivity index (χ0n) is 11.1. The van der Waals surface area contributed by atoms with Crippen LogP contribution < -0.4 is 4.74 Å². The second-order valence-electron chi connectivity index (χ2n) is 4.68. The molecule has 0 aliphatic rings. The van der Waals surface area contributed by atoms with E-state index < -0.39 is 0 Å². The normalized spacial score (nSPS) is 11.4. The van der Waals surface area contributed by atoms with E-state index in [4.69, 9.17) is 4.74 Å². The summed E-state index contributed by atoms with van der Waals surface area (Å²) in [6, 6.07) is 7.90. The molecule has 0 saturated heterocycles. The van der Waals surface area contributed by atoms with E-state index in [2.05, 4.69) is 23.9 Å². The average molecular weight is 273 g/mol. The molecule has 0 unspecified atom stereocenters. The Morgan fingerprint density at radius 1 is 1.32 bits per heavy atom. The first-order chi connectivity index (χ1) is 9.17. The number of benzene rings is 1. The summed E-state index contributed by atoms with van der Waals surface area (Å²) in [6.07, 6.45) is 1.96. The summed E-state index contributed by atoms with van der Waals surface area (Å²) in [7, 11) is 1.67. The predicted octanol–water partition coefficient (Wildman–Crippen LogP) is 3.59. The number of hydrogen-bond donors (Lipinski definition) is 0. The highest BCUT2D eigenvalue weighted by Gasteiger charge is 2.11. The number of rotatable bonds is 3. The third kappa shape index (κ3) is 2.21. The molecule has 1 aromatic carbocycles. The molecular weight excluding hydrogens is 258 g/mol. The fourth-order valence-electron chi connectivity index (χ4n) is 1.87. The van der Waals surface area contributed by atoms with Gasteiger partial charge in [0.15, 0.2) is 0 Å². The fourth-order valence-corrected chi connectivity index (χ4v) is 2.75. The number of nitrogens with zero attached hydrogens (tertiary/aromatic N) is 3. The van der Waals surface area contributed by atoms with E-state index in [-0.39, 0.29) is 0 Å². The van der Waals surface area contributed by atoms with Gasteiger partial charge in [0.05, 0.1) is 19.0 Å². The topological polar surface area (TPSA) is 39.4 Å². The second-order valence-corrected chi connectivity index (χ2v) is 5.67. The lowest BCUT2D eigenvalue weighted by Gasteiger charge is -2.01. The maximum Gasteiger partial charge on any atom is 0.212 e. The molecule has 2 heterocycles. The summed E-state index contributed by atoms with van der Waals surface area (Å²) >= 11 is 1.64. The van der Waals surface area contributed by atoms with Gasteiger partial charge in [0.1, 0.15) is 10.8 Å². The number of methoxy groups -OCH3 is 1. The minimum atomic E-state index is 0.437. The zero-order valence-corrected chi connectivity index (χ0v) is 11.9. The van der Waals surface area contributed by atoms with Crippen LogP contribution in [0.15, 0.2) is 30.5 Å². The van der Waals surface area contributed by atoms with E-state index in [1.54, 1.807) is 18.4 Å². The van der Waals surface area contributed by atoms with Crippen molar-refractivity contribution in [3.05, 3.63) is 35.5 Å². The van der Waals surface area contributed by atoms with Gasteiger partial charge in [-0.2, -0.15) is 5.10 Å². The number of aromatic nitrogens is 3. The summed E-state index contributed by atoms with van der Waals surface area (Å²) < 4.78 is 7.09. The number of hydrogen-bond acceptors (Lipinski definition) is 4. The molecule has 0 amide bonds. The molecule has 0 fully saturated rings. The molecule has 98 valence electrons. The first kappa shape index (κ1) is 12.2. The van der Waals surface area contributed by atoms with E-state index >= 15 is 0 Å². The van der Waals surface area contributed by atoms with Crippen LogP contribution in [-0.2, 0) is 0 Å². The molecule has 0 N–H and O–H groups in total. The van der Waals surface area contributed by atoms with E-state index in [0.29, 0.717) is 5.92 Å². The van der Waals surface area contributed by atoms with Gasteiger partial charge in [0.25, 0.3) is 0 Å². The Morgan fingerprint density at radius 2 is 2.16 bits per heavy atom. The van der Waals surface area contributed by atoms with Crippen molar-refractivity contribution < 1.29 is 4.74 Å². The van der Waals surface area contributed by atoms with Crippen molar-refractivity contribution in [3.63, 3.8) is 0 Å². The molecule has 5 heteroatoms. The van der Waals surface area contributed by atoms with Crippen LogP contribution in [0.1, 0.15) is 24.8 Å². The number of ether oxygens (including phenoxy) is 1. The highest BCUT2D eigenvalue weighted by molar-refractivity contribution is 7.16. The van der Waals surface area contributed by atoms with E-state index in [1.807, 2.05) is 35.0 Å². The molecule has 4 nitrogen and oxygen atoms in total. The van der Waals surface area contributed by atoms with Gasteiger partial charge in [-0.25, -0.2) is 9.50 Å². The standard InChI is InChI=1S/C14H15N3OS/c1-9(2)13-16-17-8-12(15-14(17)19-13)10-5-4-6-11(7-10)18-3/h4-9H,1-3H3. The summed E-state index contributed by atoms with van der Waals surface area (Å²) in [5, 5.41) is 5.65. The molecule has 0 saturated carbocycles. The summed E-state index contributed by atoms with van der Waals surface area (Å²) in [5.41, 5.74) is 1.97. The minimum Gasteiger partial charge on any atom is -0.497 e. The Hall–Kier alpha value is -1.88. The van der Waals surface area contributed by atoms with Crippen LogP contribution in [0.3, 0.4) is 0 Å². The first-order valence-corrected chi connectivity index (χ1v) is 6.99. The Bertz CT molecular complexity index is 683. The molecule has 0 spiro atoms. The van der Waals surface area contributed by atoms with Crippen LogP contribution in [0.4, 0.5) is 0 Å². The second kappa shape index (κ2) is 4.66.